The topological polar surface area (TPSA) is 123 Å². The van der Waals surface area contributed by atoms with E-state index in [-0.39, 0.29) is 37.8 Å². The van der Waals surface area contributed by atoms with Crippen LogP contribution in [-0.4, -0.2) is 72.5 Å². The van der Waals surface area contributed by atoms with E-state index >= 15 is 0 Å². The van der Waals surface area contributed by atoms with Crippen molar-refractivity contribution in [3.8, 4) is 0 Å². The van der Waals surface area contributed by atoms with E-state index in [4.69, 9.17) is 24.4 Å². The van der Waals surface area contributed by atoms with Crippen molar-refractivity contribution in [1.82, 2.24) is 0 Å². The van der Waals surface area contributed by atoms with Gasteiger partial charge in [0.15, 0.2) is 0 Å². The van der Waals surface area contributed by atoms with Crippen molar-refractivity contribution in [2.24, 2.45) is 11.8 Å². The lowest BCUT2D eigenvalue weighted by atomic mass is 10.2. The number of carbonyl (C=O) groups is 2. The second-order valence-corrected chi connectivity index (χ2v) is 6.23. The molecule has 3 N–H and O–H groups in total. The molecule has 26 heavy (non-hydrogen) atoms. The Hall–Kier alpha value is -1.74. The fourth-order valence-electron chi connectivity index (χ4n) is 1.79. The van der Waals surface area contributed by atoms with Crippen LogP contribution in [0.3, 0.4) is 0 Å². The van der Waals surface area contributed by atoms with Crippen LogP contribution >= 0.6 is 0 Å². The lowest BCUT2D eigenvalue weighted by molar-refractivity contribution is -0.132. The molecule has 0 rings (SSSR count). The fraction of sp³-hybridized carbons (Fsp3) is 0.667. The predicted molar refractivity (Wildman–Crippen MR) is 94.9 cm³/mol. The molecule has 8 heteroatoms. The number of hydrogen-bond donors (Lipinski definition) is 3. The van der Waals surface area contributed by atoms with E-state index in [1.165, 1.54) is 6.08 Å². The van der Waals surface area contributed by atoms with Crippen LogP contribution in [-0.2, 0) is 23.8 Å². The molecule has 0 aromatic rings. The number of aliphatic carboxylic acids is 2. The number of ether oxygens (including phenoxy) is 3. The van der Waals surface area contributed by atoms with Gasteiger partial charge < -0.3 is 29.5 Å². The molecule has 0 aromatic carbocycles. The fourth-order valence-corrected chi connectivity index (χ4v) is 1.79. The monoisotopic (exact) mass is 374 g/mol. The third-order valence-electron chi connectivity index (χ3n) is 3.08. The third kappa shape index (κ3) is 15.8. The summed E-state index contributed by atoms with van der Waals surface area (Å²) >= 11 is 0. The van der Waals surface area contributed by atoms with Gasteiger partial charge in [-0.2, -0.15) is 0 Å². The number of rotatable bonds is 15. The van der Waals surface area contributed by atoms with Crippen molar-refractivity contribution in [2.75, 3.05) is 33.0 Å². The average Bonchev–Trinajstić information content (AvgIpc) is 2.55. The molecule has 0 aliphatic carbocycles. The Bertz CT molecular complexity index is 458. The maximum absolute atomic E-state index is 10.5. The first-order valence-electron chi connectivity index (χ1n) is 8.48. The SMILES string of the molecule is C[C@H](O)COC[C@H](COC[C@@H](C)/C=C/C(=O)O)OC[C@@H](C)/C=C/C(=O)O. The Morgan fingerprint density at radius 1 is 0.808 bits per heavy atom. The second-order valence-electron chi connectivity index (χ2n) is 6.23. The minimum absolute atomic E-state index is 0.0671. The lowest BCUT2D eigenvalue weighted by Crippen LogP contribution is -2.29. The van der Waals surface area contributed by atoms with Crippen LogP contribution < -0.4 is 0 Å². The Labute approximate surface area is 154 Å². The summed E-state index contributed by atoms with van der Waals surface area (Å²) in [4.78, 5) is 21.0. The van der Waals surface area contributed by atoms with Gasteiger partial charge >= 0.3 is 11.9 Å². The van der Waals surface area contributed by atoms with Crippen LogP contribution in [0.15, 0.2) is 24.3 Å². The smallest absolute Gasteiger partial charge is 0.327 e. The second kappa shape index (κ2) is 14.4. The van der Waals surface area contributed by atoms with Crippen molar-refractivity contribution in [2.45, 2.75) is 33.0 Å². The van der Waals surface area contributed by atoms with Gasteiger partial charge in [0, 0.05) is 12.2 Å². The van der Waals surface area contributed by atoms with E-state index in [2.05, 4.69) is 0 Å². The standard InChI is InChI=1S/C18H30O8/c1-13(4-6-17(20)21)8-24-11-16(12-25-10-15(3)19)26-9-14(2)5-7-18(22)23/h4-7,13-16,19H,8-12H2,1-3H3,(H,20,21)(H,22,23)/b6-4+,7-5+/t13-,14-,15-,16-/m0/s1. The zero-order valence-electron chi connectivity index (χ0n) is 15.5. The van der Waals surface area contributed by atoms with Gasteiger partial charge in [-0.05, 0) is 18.8 Å². The van der Waals surface area contributed by atoms with E-state index in [9.17, 15) is 14.7 Å². The minimum Gasteiger partial charge on any atom is -0.478 e. The Morgan fingerprint density at radius 2 is 1.27 bits per heavy atom. The van der Waals surface area contributed by atoms with Gasteiger partial charge in [-0.1, -0.05) is 26.0 Å². The molecule has 150 valence electrons. The van der Waals surface area contributed by atoms with Crippen molar-refractivity contribution in [3.05, 3.63) is 24.3 Å². The Balaban J connectivity index is 4.36. The van der Waals surface area contributed by atoms with Gasteiger partial charge in [0.2, 0.25) is 0 Å². The summed E-state index contributed by atoms with van der Waals surface area (Å²) in [6, 6.07) is 0. The molecule has 4 atom stereocenters. The number of aliphatic hydroxyl groups excluding tert-OH is 1. The molecule has 0 heterocycles. The van der Waals surface area contributed by atoms with Crippen molar-refractivity contribution in [1.29, 1.82) is 0 Å². The molecule has 0 amide bonds. The zero-order valence-corrected chi connectivity index (χ0v) is 15.5. The summed E-state index contributed by atoms with van der Waals surface area (Å²) in [5.74, 6) is -2.18. The molecule has 0 aliphatic rings. The largest absolute Gasteiger partial charge is 0.478 e. The van der Waals surface area contributed by atoms with Crippen molar-refractivity contribution < 1.29 is 39.1 Å². The molecule has 0 spiro atoms. The van der Waals surface area contributed by atoms with E-state index in [1.807, 2.05) is 13.8 Å². The lowest BCUT2D eigenvalue weighted by Gasteiger charge is -2.20. The zero-order chi connectivity index (χ0) is 19.9. The van der Waals surface area contributed by atoms with Gasteiger partial charge in [0.05, 0.1) is 39.1 Å². The molecule has 0 saturated carbocycles. The van der Waals surface area contributed by atoms with E-state index in [1.54, 1.807) is 13.0 Å². The van der Waals surface area contributed by atoms with Gasteiger partial charge in [-0.25, -0.2) is 9.59 Å². The highest BCUT2D eigenvalue weighted by atomic mass is 16.6. The van der Waals surface area contributed by atoms with Crippen LogP contribution in [0.25, 0.3) is 0 Å². The van der Waals surface area contributed by atoms with Gasteiger partial charge in [0.1, 0.15) is 6.10 Å². The molecule has 0 radical (unpaired) electrons. The molecule has 0 saturated heterocycles. The predicted octanol–water partition coefficient (Wildman–Crippen LogP) is 1.34. The normalized spacial score (nSPS) is 16.6. The van der Waals surface area contributed by atoms with Gasteiger partial charge in [-0.3, -0.25) is 0 Å². The number of carboxylic acids is 2. The van der Waals surface area contributed by atoms with E-state index in [0.717, 1.165) is 12.2 Å². The minimum atomic E-state index is -1.01. The third-order valence-corrected chi connectivity index (χ3v) is 3.08. The summed E-state index contributed by atoms with van der Waals surface area (Å²) in [7, 11) is 0. The summed E-state index contributed by atoms with van der Waals surface area (Å²) in [5, 5.41) is 26.5. The molecule has 8 nitrogen and oxygen atoms in total. The molecule has 0 unspecified atom stereocenters. The average molecular weight is 374 g/mol. The number of carboxylic acid groups (broad SMARTS) is 2. The van der Waals surface area contributed by atoms with Crippen molar-refractivity contribution in [3.63, 3.8) is 0 Å². The van der Waals surface area contributed by atoms with Gasteiger partial charge in [0.25, 0.3) is 0 Å². The van der Waals surface area contributed by atoms with Crippen LogP contribution in [0.4, 0.5) is 0 Å². The molecular weight excluding hydrogens is 344 g/mol. The molecule has 0 aromatic heterocycles. The summed E-state index contributed by atoms with van der Waals surface area (Å²) in [6.45, 7) is 6.53. The first kappa shape index (κ1) is 24.3. The van der Waals surface area contributed by atoms with E-state index in [0.29, 0.717) is 13.2 Å². The highest BCUT2D eigenvalue weighted by Crippen LogP contribution is 2.05. The molecular formula is C18H30O8. The summed E-state index contributed by atoms with van der Waals surface area (Å²) in [6.07, 6.45) is 4.25. The molecule has 0 aliphatic heterocycles. The molecule has 0 fully saturated rings. The maximum Gasteiger partial charge on any atom is 0.327 e. The number of hydrogen-bond acceptors (Lipinski definition) is 6. The van der Waals surface area contributed by atoms with Crippen LogP contribution in [0.2, 0.25) is 0 Å². The maximum atomic E-state index is 10.5. The van der Waals surface area contributed by atoms with Crippen LogP contribution in [0.1, 0.15) is 20.8 Å². The van der Waals surface area contributed by atoms with Crippen LogP contribution in [0.5, 0.6) is 0 Å². The quantitative estimate of drug-likeness (QED) is 0.367. The number of aliphatic hydroxyl groups is 1. The Morgan fingerprint density at radius 3 is 1.73 bits per heavy atom. The van der Waals surface area contributed by atoms with Crippen LogP contribution in [0, 0.1) is 11.8 Å². The Kier molecular flexibility index (Phi) is 13.5. The first-order chi connectivity index (χ1) is 12.2. The highest BCUT2D eigenvalue weighted by molar-refractivity contribution is 5.80. The van der Waals surface area contributed by atoms with Crippen molar-refractivity contribution >= 4 is 11.9 Å². The van der Waals surface area contributed by atoms with E-state index < -0.39 is 18.0 Å². The summed E-state index contributed by atoms with van der Waals surface area (Å²) < 4.78 is 16.6. The van der Waals surface area contributed by atoms with Gasteiger partial charge in [-0.15, -0.1) is 0 Å². The molecule has 0 bridgehead atoms. The first-order valence-corrected chi connectivity index (χ1v) is 8.48. The summed E-state index contributed by atoms with van der Waals surface area (Å²) in [5.41, 5.74) is 0. The highest BCUT2D eigenvalue weighted by Gasteiger charge is 2.13.